The number of likely N-dealkylation sites (tertiary alicyclic amines) is 1. The zero-order chi connectivity index (χ0) is 15.1. The van der Waals surface area contributed by atoms with Crippen LogP contribution in [0.5, 0.6) is 5.75 Å². The molecule has 1 fully saturated rings. The number of nitrogens with one attached hydrogen (secondary N) is 1. The lowest BCUT2D eigenvalue weighted by Gasteiger charge is -2.16. The predicted molar refractivity (Wildman–Crippen MR) is 87.5 cm³/mol. The summed E-state index contributed by atoms with van der Waals surface area (Å²) < 4.78 is 6.63. The summed E-state index contributed by atoms with van der Waals surface area (Å²) in [5.41, 5.74) is 0. The van der Waals surface area contributed by atoms with Crippen molar-refractivity contribution in [2.75, 3.05) is 33.3 Å². The molecule has 1 heterocycles. The Morgan fingerprint density at radius 1 is 1.48 bits per heavy atom. The highest BCUT2D eigenvalue weighted by Gasteiger charge is 2.25. The van der Waals surface area contributed by atoms with E-state index in [-0.39, 0.29) is 5.91 Å². The Balaban J connectivity index is 1.65. The van der Waals surface area contributed by atoms with Gasteiger partial charge in [-0.1, -0.05) is 12.1 Å². The molecule has 1 saturated heterocycles. The van der Waals surface area contributed by atoms with Crippen LogP contribution in [0.4, 0.5) is 0 Å². The Labute approximate surface area is 135 Å². The first-order valence-corrected chi connectivity index (χ1v) is 8.29. The normalized spacial score (nSPS) is 18.0. The number of hydrogen-bond acceptors (Lipinski definition) is 3. The molecule has 0 saturated carbocycles. The van der Waals surface area contributed by atoms with E-state index in [2.05, 4.69) is 21.2 Å². The first kappa shape index (κ1) is 16.3. The molecule has 1 aliphatic heterocycles. The van der Waals surface area contributed by atoms with Crippen molar-refractivity contribution in [2.45, 2.75) is 19.3 Å². The second kappa shape index (κ2) is 8.39. The first-order valence-electron chi connectivity index (χ1n) is 7.50. The van der Waals surface area contributed by atoms with Gasteiger partial charge in [0.2, 0.25) is 5.91 Å². The van der Waals surface area contributed by atoms with Crippen molar-refractivity contribution in [3.8, 4) is 5.75 Å². The predicted octanol–water partition coefficient (Wildman–Crippen LogP) is 2.68. The molecule has 0 bridgehead atoms. The summed E-state index contributed by atoms with van der Waals surface area (Å²) in [7, 11) is 1.96. The third-order valence-corrected chi connectivity index (χ3v) is 4.42. The lowest BCUT2D eigenvalue weighted by atomic mass is 10.1. The molecule has 0 aliphatic carbocycles. The van der Waals surface area contributed by atoms with Gasteiger partial charge < -0.3 is 15.0 Å². The SMILES string of the molecule is CNC[C@@H]1CCN(C(=O)CCCOc2ccccc2Br)C1. The van der Waals surface area contributed by atoms with Gasteiger partial charge in [-0.15, -0.1) is 0 Å². The Kier molecular flexibility index (Phi) is 6.51. The summed E-state index contributed by atoms with van der Waals surface area (Å²) in [4.78, 5) is 14.1. The largest absolute Gasteiger partial charge is 0.492 e. The minimum atomic E-state index is 0.254. The molecule has 116 valence electrons. The smallest absolute Gasteiger partial charge is 0.222 e. The molecule has 0 radical (unpaired) electrons. The quantitative estimate of drug-likeness (QED) is 0.765. The Hall–Kier alpha value is -1.07. The number of carbonyl (C=O) groups excluding carboxylic acids is 1. The van der Waals surface area contributed by atoms with Crippen LogP contribution in [0.15, 0.2) is 28.7 Å². The van der Waals surface area contributed by atoms with Crippen molar-refractivity contribution in [1.29, 1.82) is 0 Å². The average molecular weight is 355 g/mol. The number of nitrogens with zero attached hydrogens (tertiary/aromatic N) is 1. The minimum Gasteiger partial charge on any atom is -0.492 e. The number of benzene rings is 1. The molecule has 1 aliphatic rings. The maximum atomic E-state index is 12.1. The van der Waals surface area contributed by atoms with E-state index in [4.69, 9.17) is 4.74 Å². The lowest BCUT2D eigenvalue weighted by Crippen LogP contribution is -2.30. The molecule has 5 heteroatoms. The van der Waals surface area contributed by atoms with E-state index >= 15 is 0 Å². The summed E-state index contributed by atoms with van der Waals surface area (Å²) in [5, 5.41) is 3.18. The molecule has 0 aromatic heterocycles. The van der Waals surface area contributed by atoms with Crippen LogP contribution in [0, 0.1) is 5.92 Å². The lowest BCUT2D eigenvalue weighted by molar-refractivity contribution is -0.130. The number of para-hydroxylation sites is 1. The average Bonchev–Trinajstić information content (AvgIpc) is 2.94. The van der Waals surface area contributed by atoms with Crippen molar-refractivity contribution in [3.63, 3.8) is 0 Å². The molecule has 4 nitrogen and oxygen atoms in total. The Morgan fingerprint density at radius 2 is 2.29 bits per heavy atom. The molecule has 21 heavy (non-hydrogen) atoms. The van der Waals surface area contributed by atoms with Crippen LogP contribution in [0.2, 0.25) is 0 Å². The van der Waals surface area contributed by atoms with Gasteiger partial charge in [-0.05, 0) is 60.4 Å². The van der Waals surface area contributed by atoms with E-state index in [1.807, 2.05) is 36.2 Å². The summed E-state index contributed by atoms with van der Waals surface area (Å²) in [6, 6.07) is 7.77. The number of amides is 1. The number of rotatable bonds is 7. The molecule has 0 unspecified atom stereocenters. The fourth-order valence-electron chi connectivity index (χ4n) is 2.64. The minimum absolute atomic E-state index is 0.254. The topological polar surface area (TPSA) is 41.6 Å². The number of carbonyl (C=O) groups is 1. The van der Waals surface area contributed by atoms with Crippen LogP contribution in [0.3, 0.4) is 0 Å². The Bertz CT molecular complexity index is 467. The van der Waals surface area contributed by atoms with Crippen molar-refractivity contribution < 1.29 is 9.53 Å². The van der Waals surface area contributed by atoms with Gasteiger partial charge in [0.05, 0.1) is 11.1 Å². The van der Waals surface area contributed by atoms with Crippen molar-refractivity contribution in [1.82, 2.24) is 10.2 Å². The zero-order valence-corrected chi connectivity index (χ0v) is 14.1. The number of halogens is 1. The third-order valence-electron chi connectivity index (χ3n) is 3.76. The zero-order valence-electron chi connectivity index (χ0n) is 12.5. The molecular weight excluding hydrogens is 332 g/mol. The van der Waals surface area contributed by atoms with Crippen LogP contribution < -0.4 is 10.1 Å². The monoisotopic (exact) mass is 354 g/mol. The van der Waals surface area contributed by atoms with Crippen LogP contribution in [-0.4, -0.2) is 44.1 Å². The molecule has 1 aromatic carbocycles. The molecule has 0 spiro atoms. The fraction of sp³-hybridized carbons (Fsp3) is 0.562. The van der Waals surface area contributed by atoms with Gasteiger partial charge in [0.15, 0.2) is 0 Å². The highest BCUT2D eigenvalue weighted by atomic mass is 79.9. The molecule has 1 aromatic rings. The maximum Gasteiger partial charge on any atom is 0.222 e. The van der Waals surface area contributed by atoms with Crippen molar-refractivity contribution in [2.24, 2.45) is 5.92 Å². The Morgan fingerprint density at radius 3 is 3.05 bits per heavy atom. The van der Waals surface area contributed by atoms with E-state index < -0.39 is 0 Å². The van der Waals surface area contributed by atoms with Crippen molar-refractivity contribution >= 4 is 21.8 Å². The third kappa shape index (κ3) is 5.00. The number of hydrogen-bond donors (Lipinski definition) is 1. The highest BCUT2D eigenvalue weighted by molar-refractivity contribution is 9.10. The molecular formula is C16H23BrN2O2. The van der Waals surface area contributed by atoms with Gasteiger partial charge in [-0.25, -0.2) is 0 Å². The second-order valence-corrected chi connectivity index (χ2v) is 6.29. The summed E-state index contributed by atoms with van der Waals surface area (Å²) in [6.07, 6.45) is 2.43. The van der Waals surface area contributed by atoms with E-state index in [0.29, 0.717) is 18.9 Å². The van der Waals surface area contributed by atoms with Crippen molar-refractivity contribution in [3.05, 3.63) is 28.7 Å². The molecule has 1 atom stereocenters. The van der Waals surface area contributed by atoms with Gasteiger partial charge >= 0.3 is 0 Å². The molecule has 2 rings (SSSR count). The fourth-order valence-corrected chi connectivity index (χ4v) is 3.04. The van der Waals surface area contributed by atoms with Gasteiger partial charge in [0, 0.05) is 19.5 Å². The van der Waals surface area contributed by atoms with Crippen LogP contribution in [0.1, 0.15) is 19.3 Å². The highest BCUT2D eigenvalue weighted by Crippen LogP contribution is 2.24. The van der Waals surface area contributed by atoms with Crippen LogP contribution in [0.25, 0.3) is 0 Å². The summed E-state index contributed by atoms with van der Waals surface area (Å²) in [6.45, 7) is 3.36. The summed E-state index contributed by atoms with van der Waals surface area (Å²) >= 11 is 3.45. The van der Waals surface area contributed by atoms with Gasteiger partial charge in [-0.3, -0.25) is 4.79 Å². The van der Waals surface area contributed by atoms with Gasteiger partial charge in [0.25, 0.3) is 0 Å². The van der Waals surface area contributed by atoms with Crippen LogP contribution in [-0.2, 0) is 4.79 Å². The molecule has 1 amide bonds. The first-order chi connectivity index (χ1) is 10.2. The van der Waals surface area contributed by atoms with E-state index in [9.17, 15) is 4.79 Å². The number of ether oxygens (including phenoxy) is 1. The van der Waals surface area contributed by atoms with E-state index in [1.54, 1.807) is 0 Å². The maximum absolute atomic E-state index is 12.1. The molecule has 1 N–H and O–H groups in total. The van der Waals surface area contributed by atoms with Crippen LogP contribution >= 0.6 is 15.9 Å². The van der Waals surface area contributed by atoms with Gasteiger partial charge in [-0.2, -0.15) is 0 Å². The van der Waals surface area contributed by atoms with E-state index in [1.165, 1.54) is 0 Å². The van der Waals surface area contributed by atoms with Gasteiger partial charge in [0.1, 0.15) is 5.75 Å². The van der Waals surface area contributed by atoms with E-state index in [0.717, 1.165) is 42.7 Å². The summed E-state index contributed by atoms with van der Waals surface area (Å²) in [5.74, 6) is 1.69. The standard InChI is InChI=1S/C16H23BrN2O2/c1-18-11-13-8-9-19(12-13)16(20)7-4-10-21-15-6-3-2-5-14(15)17/h2-3,5-6,13,18H,4,7-12H2,1H3/t13-/m0/s1. The second-order valence-electron chi connectivity index (χ2n) is 5.43.